The van der Waals surface area contributed by atoms with Gasteiger partial charge in [-0.3, -0.25) is 4.79 Å². The molecule has 2 aromatic rings. The predicted molar refractivity (Wildman–Crippen MR) is 77.6 cm³/mol. The van der Waals surface area contributed by atoms with Crippen molar-refractivity contribution >= 4 is 11.5 Å². The number of anilines is 1. The van der Waals surface area contributed by atoms with Crippen molar-refractivity contribution < 1.29 is 13.6 Å². The van der Waals surface area contributed by atoms with Gasteiger partial charge in [-0.15, -0.1) is 0 Å². The van der Waals surface area contributed by atoms with Gasteiger partial charge in [0.05, 0.1) is 5.56 Å². The number of ketones is 1. The van der Waals surface area contributed by atoms with Crippen LogP contribution in [-0.2, 0) is 0 Å². The number of benzene rings is 2. The molecule has 1 aliphatic carbocycles. The van der Waals surface area contributed by atoms with E-state index in [1.807, 2.05) is 0 Å². The van der Waals surface area contributed by atoms with Gasteiger partial charge < -0.3 is 5.32 Å². The second-order valence-corrected chi connectivity index (χ2v) is 5.36. The molecule has 0 spiro atoms. The van der Waals surface area contributed by atoms with Crippen LogP contribution in [0.2, 0.25) is 0 Å². The van der Waals surface area contributed by atoms with Crippen molar-refractivity contribution in [3.05, 3.63) is 65.2 Å². The summed E-state index contributed by atoms with van der Waals surface area (Å²) in [7, 11) is 0. The van der Waals surface area contributed by atoms with Crippen LogP contribution in [-0.4, -0.2) is 11.8 Å². The van der Waals surface area contributed by atoms with Gasteiger partial charge in [0, 0.05) is 17.6 Å². The van der Waals surface area contributed by atoms with Crippen LogP contribution in [0.25, 0.3) is 0 Å². The zero-order valence-corrected chi connectivity index (χ0v) is 11.6. The van der Waals surface area contributed by atoms with Crippen LogP contribution < -0.4 is 5.32 Å². The normalized spacial score (nSPS) is 20.1. The van der Waals surface area contributed by atoms with Crippen LogP contribution >= 0.6 is 0 Å². The Kier molecular flexibility index (Phi) is 3.45. The summed E-state index contributed by atoms with van der Waals surface area (Å²) in [6, 6.07) is 11.1. The fourth-order valence-electron chi connectivity index (χ4n) is 2.63. The highest BCUT2D eigenvalue weighted by Gasteiger charge is 2.38. The molecular formula is C17H15F2NO. The molecule has 0 aromatic heterocycles. The van der Waals surface area contributed by atoms with E-state index in [2.05, 4.69) is 5.32 Å². The third kappa shape index (κ3) is 2.79. The van der Waals surface area contributed by atoms with Crippen molar-refractivity contribution in [2.75, 3.05) is 5.32 Å². The zero-order chi connectivity index (χ0) is 15.0. The first-order valence-corrected chi connectivity index (χ1v) is 6.87. The van der Waals surface area contributed by atoms with Crippen LogP contribution in [0.1, 0.15) is 35.2 Å². The van der Waals surface area contributed by atoms with Gasteiger partial charge >= 0.3 is 0 Å². The molecule has 4 heteroatoms. The summed E-state index contributed by atoms with van der Waals surface area (Å²) in [6.07, 6.45) is 0.888. The quantitative estimate of drug-likeness (QED) is 0.856. The summed E-state index contributed by atoms with van der Waals surface area (Å²) in [4.78, 5) is 11.6. The lowest BCUT2D eigenvalue weighted by Gasteiger charge is -2.11. The maximum atomic E-state index is 13.7. The van der Waals surface area contributed by atoms with Crippen LogP contribution in [0.5, 0.6) is 0 Å². The fraction of sp³-hybridized carbons (Fsp3) is 0.235. The lowest BCUT2D eigenvalue weighted by molar-refractivity contribution is 0.101. The lowest BCUT2D eigenvalue weighted by atomic mass is 10.1. The van der Waals surface area contributed by atoms with Crippen molar-refractivity contribution in [1.82, 2.24) is 0 Å². The topological polar surface area (TPSA) is 29.1 Å². The van der Waals surface area contributed by atoms with Gasteiger partial charge in [0.2, 0.25) is 0 Å². The van der Waals surface area contributed by atoms with Gasteiger partial charge in [-0.05, 0) is 43.2 Å². The molecule has 0 bridgehead atoms. The third-order valence-electron chi connectivity index (χ3n) is 3.80. The Bertz CT molecular complexity index is 682. The Labute approximate surface area is 121 Å². The number of rotatable bonds is 4. The van der Waals surface area contributed by atoms with Crippen LogP contribution in [0, 0.1) is 11.6 Å². The number of halogens is 2. The van der Waals surface area contributed by atoms with E-state index in [9.17, 15) is 13.6 Å². The highest BCUT2D eigenvalue weighted by molar-refractivity contribution is 5.99. The van der Waals surface area contributed by atoms with Crippen molar-refractivity contribution in [1.29, 1.82) is 0 Å². The Morgan fingerprint density at radius 1 is 1.14 bits per heavy atom. The van der Waals surface area contributed by atoms with Crippen molar-refractivity contribution in [2.24, 2.45) is 0 Å². The molecule has 0 saturated heterocycles. The number of hydrogen-bond donors (Lipinski definition) is 1. The van der Waals surface area contributed by atoms with Crippen molar-refractivity contribution in [3.8, 4) is 0 Å². The molecule has 2 nitrogen and oxygen atoms in total. The molecule has 1 aliphatic rings. The predicted octanol–water partition coefficient (Wildman–Crippen LogP) is 4.14. The van der Waals surface area contributed by atoms with Gasteiger partial charge in [-0.25, -0.2) is 8.78 Å². The van der Waals surface area contributed by atoms with E-state index in [4.69, 9.17) is 0 Å². The maximum absolute atomic E-state index is 13.7. The molecule has 1 saturated carbocycles. The number of hydrogen-bond acceptors (Lipinski definition) is 2. The highest BCUT2D eigenvalue weighted by Crippen LogP contribution is 2.43. The van der Waals surface area contributed by atoms with Crippen molar-refractivity contribution in [2.45, 2.75) is 25.3 Å². The summed E-state index contributed by atoms with van der Waals surface area (Å²) in [6.45, 7) is 1.36. The van der Waals surface area contributed by atoms with E-state index in [1.165, 1.54) is 25.1 Å². The van der Waals surface area contributed by atoms with Gasteiger partial charge in [0.1, 0.15) is 11.6 Å². The van der Waals surface area contributed by atoms with Gasteiger partial charge in [0.25, 0.3) is 0 Å². The van der Waals surface area contributed by atoms with E-state index in [-0.39, 0.29) is 29.1 Å². The Morgan fingerprint density at radius 3 is 2.52 bits per heavy atom. The van der Waals surface area contributed by atoms with E-state index < -0.39 is 5.82 Å². The minimum Gasteiger partial charge on any atom is -0.381 e. The molecule has 2 atom stereocenters. The zero-order valence-electron chi connectivity index (χ0n) is 11.6. The molecule has 0 aliphatic heterocycles. The number of carbonyl (C=O) groups excluding carboxylic acids is 1. The summed E-state index contributed by atoms with van der Waals surface area (Å²) in [5, 5.41) is 3.22. The number of nitrogens with one attached hydrogen (secondary N) is 1. The molecule has 108 valence electrons. The summed E-state index contributed by atoms with van der Waals surface area (Å²) >= 11 is 0. The average molecular weight is 287 g/mol. The molecule has 2 aromatic carbocycles. The lowest BCUT2D eigenvalue weighted by Crippen LogP contribution is -2.10. The van der Waals surface area contributed by atoms with Gasteiger partial charge in [0.15, 0.2) is 5.78 Å². The monoisotopic (exact) mass is 287 g/mol. The van der Waals surface area contributed by atoms with E-state index >= 15 is 0 Å². The fourth-order valence-corrected chi connectivity index (χ4v) is 2.63. The van der Waals surface area contributed by atoms with E-state index in [1.54, 1.807) is 24.3 Å². The first-order valence-electron chi connectivity index (χ1n) is 6.87. The maximum Gasteiger partial charge on any atom is 0.164 e. The highest BCUT2D eigenvalue weighted by atomic mass is 19.1. The first kappa shape index (κ1) is 13.7. The van der Waals surface area contributed by atoms with Crippen LogP contribution in [0.3, 0.4) is 0 Å². The van der Waals surface area contributed by atoms with Crippen LogP contribution in [0.4, 0.5) is 14.5 Å². The molecule has 0 amide bonds. The molecule has 0 heterocycles. The average Bonchev–Trinajstić information content (AvgIpc) is 3.18. The summed E-state index contributed by atoms with van der Waals surface area (Å²) in [5.74, 6) is -0.789. The SMILES string of the molecule is CC(=O)c1c(F)cccc1N[C@@H]1C[C@H]1c1ccc(F)cc1. The van der Waals surface area contributed by atoms with E-state index in [0.29, 0.717) is 5.69 Å². The smallest absolute Gasteiger partial charge is 0.164 e. The minimum absolute atomic E-state index is 0.0993. The Balaban J connectivity index is 1.76. The molecule has 0 radical (unpaired) electrons. The Hall–Kier alpha value is -2.23. The molecule has 21 heavy (non-hydrogen) atoms. The molecular weight excluding hydrogens is 272 g/mol. The van der Waals surface area contributed by atoms with E-state index in [0.717, 1.165) is 12.0 Å². The minimum atomic E-state index is -0.508. The number of Topliss-reactive ketones (excluding diaryl/α,β-unsaturated/α-hetero) is 1. The van der Waals surface area contributed by atoms with Gasteiger partial charge in [-0.2, -0.15) is 0 Å². The largest absolute Gasteiger partial charge is 0.381 e. The Morgan fingerprint density at radius 2 is 1.86 bits per heavy atom. The molecule has 1 N–H and O–H groups in total. The second-order valence-electron chi connectivity index (χ2n) is 5.36. The summed E-state index contributed by atoms with van der Waals surface area (Å²) < 4.78 is 26.6. The molecule has 1 fully saturated rings. The van der Waals surface area contributed by atoms with Crippen LogP contribution in [0.15, 0.2) is 42.5 Å². The van der Waals surface area contributed by atoms with Gasteiger partial charge in [-0.1, -0.05) is 18.2 Å². The summed E-state index contributed by atoms with van der Waals surface area (Å²) in [5.41, 5.74) is 1.68. The third-order valence-corrected chi connectivity index (χ3v) is 3.80. The van der Waals surface area contributed by atoms with Crippen molar-refractivity contribution in [3.63, 3.8) is 0 Å². The number of carbonyl (C=O) groups is 1. The molecule has 0 unspecified atom stereocenters. The second kappa shape index (κ2) is 5.28. The standard InChI is InChI=1S/C17H15F2NO/c1-10(21)17-14(19)3-2-4-15(17)20-16-9-13(16)11-5-7-12(18)8-6-11/h2-8,13,16,20H,9H2,1H3/t13-,16+/m0/s1. The molecule has 3 rings (SSSR count). The first-order chi connectivity index (χ1) is 10.1.